The van der Waals surface area contributed by atoms with Crippen LogP contribution in [0.3, 0.4) is 0 Å². The molecule has 0 bridgehead atoms. The lowest BCUT2D eigenvalue weighted by atomic mass is 9.84. The maximum atomic E-state index is 11.6. The van der Waals surface area contributed by atoms with Crippen molar-refractivity contribution in [3.8, 4) is 0 Å². The molecule has 0 radical (unpaired) electrons. The van der Waals surface area contributed by atoms with Crippen LogP contribution in [0.2, 0.25) is 0 Å². The molecule has 0 aromatic heterocycles. The molecule has 1 aliphatic rings. The first-order chi connectivity index (χ1) is 7.15. The zero-order chi connectivity index (χ0) is 11.3. The fourth-order valence-corrected chi connectivity index (χ4v) is 2.23. The van der Waals surface area contributed by atoms with E-state index >= 15 is 0 Å². The van der Waals surface area contributed by atoms with Gasteiger partial charge in [0.05, 0.1) is 0 Å². The Bertz CT molecular complexity index is 200. The van der Waals surface area contributed by atoms with Gasteiger partial charge in [-0.2, -0.15) is 0 Å². The Morgan fingerprint density at radius 1 is 1.33 bits per heavy atom. The zero-order valence-electron chi connectivity index (χ0n) is 9.96. The van der Waals surface area contributed by atoms with E-state index in [-0.39, 0.29) is 11.8 Å². The number of rotatable bonds is 4. The molecule has 1 aliphatic carbocycles. The van der Waals surface area contributed by atoms with Crippen molar-refractivity contribution in [1.82, 2.24) is 5.32 Å². The lowest BCUT2D eigenvalue weighted by Gasteiger charge is -2.29. The first-order valence-corrected chi connectivity index (χ1v) is 6.15. The number of hydrogen-bond donors (Lipinski definition) is 2. The number of nitrogens with one attached hydrogen (secondary N) is 1. The molecule has 0 heterocycles. The second kappa shape index (κ2) is 6.11. The average molecular weight is 212 g/mol. The third-order valence-electron chi connectivity index (χ3n) is 3.53. The largest absolute Gasteiger partial charge is 0.353 e. The van der Waals surface area contributed by atoms with Gasteiger partial charge < -0.3 is 11.1 Å². The highest BCUT2D eigenvalue weighted by Gasteiger charge is 2.22. The Morgan fingerprint density at radius 2 is 1.93 bits per heavy atom. The van der Waals surface area contributed by atoms with Crippen molar-refractivity contribution in [2.24, 2.45) is 17.6 Å². The van der Waals surface area contributed by atoms with Crippen molar-refractivity contribution in [3.63, 3.8) is 0 Å². The van der Waals surface area contributed by atoms with Crippen LogP contribution in [0.1, 0.15) is 46.0 Å². The van der Waals surface area contributed by atoms with Gasteiger partial charge in [-0.1, -0.05) is 26.2 Å². The van der Waals surface area contributed by atoms with E-state index in [2.05, 4.69) is 12.2 Å². The molecule has 1 saturated carbocycles. The minimum atomic E-state index is -0.0592. The van der Waals surface area contributed by atoms with Crippen LogP contribution in [0.15, 0.2) is 0 Å². The zero-order valence-corrected chi connectivity index (χ0v) is 9.96. The molecule has 3 N–H and O–H groups in total. The van der Waals surface area contributed by atoms with E-state index in [1.165, 1.54) is 32.1 Å². The summed E-state index contributed by atoms with van der Waals surface area (Å²) in [7, 11) is 0. The smallest absolute Gasteiger partial charge is 0.224 e. The van der Waals surface area contributed by atoms with Gasteiger partial charge in [0.25, 0.3) is 0 Å². The molecule has 0 spiro atoms. The molecule has 2 atom stereocenters. The fraction of sp³-hybridized carbons (Fsp3) is 0.917. The Balaban J connectivity index is 2.33. The average Bonchev–Trinajstić information content (AvgIpc) is 2.29. The van der Waals surface area contributed by atoms with Crippen LogP contribution in [0.5, 0.6) is 0 Å². The number of hydrogen-bond acceptors (Lipinski definition) is 2. The minimum absolute atomic E-state index is 0.0592. The summed E-state index contributed by atoms with van der Waals surface area (Å²) in [6.45, 7) is 4.43. The van der Waals surface area contributed by atoms with Gasteiger partial charge in [-0.05, 0) is 25.7 Å². The molecule has 0 saturated heterocycles. The van der Waals surface area contributed by atoms with Gasteiger partial charge in [0.2, 0.25) is 5.91 Å². The van der Waals surface area contributed by atoms with Gasteiger partial charge in [-0.3, -0.25) is 4.79 Å². The molecule has 1 rings (SSSR count). The highest BCUT2D eigenvalue weighted by Crippen LogP contribution is 2.26. The summed E-state index contributed by atoms with van der Waals surface area (Å²) in [4.78, 5) is 11.6. The van der Waals surface area contributed by atoms with Gasteiger partial charge in [0, 0.05) is 18.5 Å². The summed E-state index contributed by atoms with van der Waals surface area (Å²) in [5.74, 6) is 0.722. The first-order valence-electron chi connectivity index (χ1n) is 6.15. The fourth-order valence-electron chi connectivity index (χ4n) is 2.23. The van der Waals surface area contributed by atoms with E-state index in [1.54, 1.807) is 0 Å². The monoisotopic (exact) mass is 212 g/mol. The summed E-state index contributed by atoms with van der Waals surface area (Å²) in [5.41, 5.74) is 5.47. The Hall–Kier alpha value is -0.570. The summed E-state index contributed by atoms with van der Waals surface area (Å²) >= 11 is 0. The van der Waals surface area contributed by atoms with Crippen LogP contribution in [0.4, 0.5) is 0 Å². The predicted molar refractivity (Wildman–Crippen MR) is 62.4 cm³/mol. The molecular formula is C12H24N2O. The van der Waals surface area contributed by atoms with Crippen LogP contribution in [0.25, 0.3) is 0 Å². The highest BCUT2D eigenvalue weighted by atomic mass is 16.1. The van der Waals surface area contributed by atoms with Crippen LogP contribution in [0, 0.1) is 11.8 Å². The van der Waals surface area contributed by atoms with Gasteiger partial charge in [0.15, 0.2) is 0 Å². The Kier molecular flexibility index (Phi) is 5.09. The summed E-state index contributed by atoms with van der Waals surface area (Å²) < 4.78 is 0. The third-order valence-corrected chi connectivity index (χ3v) is 3.53. The van der Waals surface area contributed by atoms with Crippen LogP contribution in [-0.4, -0.2) is 18.5 Å². The lowest BCUT2D eigenvalue weighted by molar-refractivity contribution is -0.125. The van der Waals surface area contributed by atoms with Gasteiger partial charge in [-0.25, -0.2) is 0 Å². The van der Waals surface area contributed by atoms with Gasteiger partial charge in [0.1, 0.15) is 0 Å². The second-order valence-electron chi connectivity index (χ2n) is 4.83. The molecular weight excluding hydrogens is 188 g/mol. The second-order valence-corrected chi connectivity index (χ2v) is 4.83. The van der Waals surface area contributed by atoms with Crippen LogP contribution in [-0.2, 0) is 4.79 Å². The van der Waals surface area contributed by atoms with Crippen molar-refractivity contribution in [3.05, 3.63) is 0 Å². The van der Waals surface area contributed by atoms with Crippen molar-refractivity contribution in [2.75, 3.05) is 6.54 Å². The van der Waals surface area contributed by atoms with Crippen molar-refractivity contribution >= 4 is 5.91 Å². The van der Waals surface area contributed by atoms with E-state index in [4.69, 9.17) is 5.73 Å². The maximum absolute atomic E-state index is 11.6. The summed E-state index contributed by atoms with van der Waals surface area (Å²) in [6, 6.07) is 0.312. The molecule has 0 aromatic carbocycles. The summed E-state index contributed by atoms with van der Waals surface area (Å²) in [6.07, 6.45) is 6.52. The SMILES string of the molecule is CC(CN)C(=O)N[C@H](C)C1CCCCC1. The normalized spacial score (nSPS) is 22.1. The topological polar surface area (TPSA) is 55.1 Å². The first kappa shape index (κ1) is 12.5. The standard InChI is InChI=1S/C12H24N2O/c1-9(8-13)12(15)14-10(2)11-6-4-3-5-7-11/h9-11H,3-8,13H2,1-2H3,(H,14,15)/t9?,10-/m1/s1. The lowest BCUT2D eigenvalue weighted by Crippen LogP contribution is -2.42. The molecule has 0 aliphatic heterocycles. The van der Waals surface area contributed by atoms with Crippen LogP contribution < -0.4 is 11.1 Å². The molecule has 88 valence electrons. The molecule has 3 heteroatoms. The Morgan fingerprint density at radius 3 is 2.47 bits per heavy atom. The minimum Gasteiger partial charge on any atom is -0.353 e. The van der Waals surface area contributed by atoms with Crippen molar-refractivity contribution < 1.29 is 4.79 Å². The maximum Gasteiger partial charge on any atom is 0.224 e. The number of amides is 1. The number of carbonyl (C=O) groups excluding carboxylic acids is 1. The van der Waals surface area contributed by atoms with Crippen molar-refractivity contribution in [1.29, 1.82) is 0 Å². The van der Waals surface area contributed by atoms with E-state index in [1.807, 2.05) is 6.92 Å². The number of carbonyl (C=O) groups is 1. The number of nitrogens with two attached hydrogens (primary N) is 1. The molecule has 0 aromatic rings. The Labute approximate surface area is 92.8 Å². The van der Waals surface area contributed by atoms with E-state index in [0.717, 1.165) is 0 Å². The molecule has 15 heavy (non-hydrogen) atoms. The molecule has 3 nitrogen and oxygen atoms in total. The molecule has 1 fully saturated rings. The summed E-state index contributed by atoms with van der Waals surface area (Å²) in [5, 5.41) is 3.08. The van der Waals surface area contributed by atoms with Gasteiger partial charge in [-0.15, -0.1) is 0 Å². The van der Waals surface area contributed by atoms with Crippen LogP contribution >= 0.6 is 0 Å². The van der Waals surface area contributed by atoms with E-state index in [9.17, 15) is 4.79 Å². The van der Waals surface area contributed by atoms with E-state index in [0.29, 0.717) is 18.5 Å². The quantitative estimate of drug-likeness (QED) is 0.744. The highest BCUT2D eigenvalue weighted by molar-refractivity contribution is 5.78. The van der Waals surface area contributed by atoms with E-state index < -0.39 is 0 Å². The predicted octanol–water partition coefficient (Wildman–Crippen LogP) is 1.67. The van der Waals surface area contributed by atoms with Gasteiger partial charge >= 0.3 is 0 Å². The van der Waals surface area contributed by atoms with Crippen molar-refractivity contribution in [2.45, 2.75) is 52.0 Å². The molecule has 1 amide bonds. The third kappa shape index (κ3) is 3.82. The molecule has 1 unspecified atom stereocenters.